The van der Waals surface area contributed by atoms with Gasteiger partial charge in [-0.25, -0.2) is 0 Å². The number of aromatic nitrogens is 1. The maximum atomic E-state index is 5.76. The Kier molecular flexibility index (Phi) is 4.28. The van der Waals surface area contributed by atoms with E-state index in [1.165, 1.54) is 10.8 Å². The average molecular weight is 243 g/mol. The Morgan fingerprint density at radius 1 is 1.17 bits per heavy atom. The van der Waals surface area contributed by atoms with E-state index in [9.17, 15) is 0 Å². The Morgan fingerprint density at radius 2 is 1.89 bits per heavy atom. The molecule has 0 aliphatic carbocycles. The van der Waals surface area contributed by atoms with Crippen molar-refractivity contribution in [3.63, 3.8) is 0 Å². The molecular weight excluding hydrogens is 222 g/mol. The Bertz CT molecular complexity index is 501. The van der Waals surface area contributed by atoms with Crippen molar-refractivity contribution in [2.75, 3.05) is 0 Å². The van der Waals surface area contributed by atoms with Gasteiger partial charge in [-0.1, -0.05) is 51.0 Å². The molecule has 0 aliphatic rings. The summed E-state index contributed by atoms with van der Waals surface area (Å²) in [6.07, 6.45) is 4.05. The Morgan fingerprint density at radius 3 is 2.56 bits per heavy atom. The summed E-state index contributed by atoms with van der Waals surface area (Å²) in [5.74, 6) is 6.27. The Balaban J connectivity index is 2.51. The van der Waals surface area contributed by atoms with Gasteiger partial charge in [0, 0.05) is 11.6 Å². The first-order valence-electron chi connectivity index (χ1n) is 6.61. The summed E-state index contributed by atoms with van der Waals surface area (Å²) in [4.78, 5) is 4.55. The van der Waals surface area contributed by atoms with Crippen LogP contribution in [0.5, 0.6) is 0 Å². The molecule has 3 heteroatoms. The monoisotopic (exact) mass is 243 g/mol. The molecule has 96 valence electrons. The largest absolute Gasteiger partial charge is 0.271 e. The van der Waals surface area contributed by atoms with Crippen LogP contribution in [0.4, 0.5) is 0 Å². The number of hydrogen-bond acceptors (Lipinski definition) is 3. The van der Waals surface area contributed by atoms with Crippen LogP contribution in [0, 0.1) is 5.92 Å². The SMILES string of the molecule is CCC(CC)C(NN)c1nccc2ccccc12. The highest BCUT2D eigenvalue weighted by Gasteiger charge is 2.21. The molecule has 2 rings (SSSR count). The second-order valence-corrected chi connectivity index (χ2v) is 4.64. The van der Waals surface area contributed by atoms with Gasteiger partial charge in [-0.05, 0) is 17.4 Å². The number of hydrogen-bond donors (Lipinski definition) is 2. The summed E-state index contributed by atoms with van der Waals surface area (Å²) in [7, 11) is 0. The number of nitrogens with one attached hydrogen (secondary N) is 1. The fraction of sp³-hybridized carbons (Fsp3) is 0.400. The molecule has 1 atom stereocenters. The van der Waals surface area contributed by atoms with Crippen molar-refractivity contribution >= 4 is 10.8 Å². The molecule has 1 unspecified atom stereocenters. The van der Waals surface area contributed by atoms with Crippen LogP contribution in [0.25, 0.3) is 10.8 Å². The topological polar surface area (TPSA) is 50.9 Å². The van der Waals surface area contributed by atoms with Gasteiger partial charge >= 0.3 is 0 Å². The molecule has 1 heterocycles. The fourth-order valence-electron chi connectivity index (χ4n) is 2.59. The minimum atomic E-state index is 0.117. The number of benzene rings is 1. The van der Waals surface area contributed by atoms with Gasteiger partial charge in [-0.3, -0.25) is 16.3 Å². The molecule has 18 heavy (non-hydrogen) atoms. The molecule has 1 aromatic carbocycles. The molecule has 0 amide bonds. The smallest absolute Gasteiger partial charge is 0.0667 e. The third-order valence-corrected chi connectivity index (χ3v) is 3.70. The van der Waals surface area contributed by atoms with Gasteiger partial charge < -0.3 is 0 Å². The standard InChI is InChI=1S/C15H21N3/c1-3-11(4-2)14(18-16)15-13-8-6-5-7-12(13)9-10-17-15/h5-11,14,18H,3-4,16H2,1-2H3. The molecule has 3 nitrogen and oxygen atoms in total. The molecule has 0 aliphatic heterocycles. The van der Waals surface area contributed by atoms with Gasteiger partial charge in [-0.2, -0.15) is 0 Å². The number of pyridine rings is 1. The molecular formula is C15H21N3. The predicted molar refractivity (Wildman–Crippen MR) is 75.9 cm³/mol. The van der Waals surface area contributed by atoms with Crippen molar-refractivity contribution in [2.45, 2.75) is 32.7 Å². The average Bonchev–Trinajstić information content (AvgIpc) is 2.44. The Hall–Kier alpha value is -1.45. The Labute approximate surface area is 108 Å². The molecule has 0 spiro atoms. The fourth-order valence-corrected chi connectivity index (χ4v) is 2.59. The van der Waals surface area contributed by atoms with Crippen molar-refractivity contribution in [2.24, 2.45) is 11.8 Å². The van der Waals surface area contributed by atoms with Crippen LogP contribution in [0.1, 0.15) is 38.4 Å². The second kappa shape index (κ2) is 5.94. The van der Waals surface area contributed by atoms with Crippen LogP contribution >= 0.6 is 0 Å². The molecule has 0 saturated heterocycles. The van der Waals surface area contributed by atoms with E-state index in [0.29, 0.717) is 5.92 Å². The quantitative estimate of drug-likeness (QED) is 0.626. The minimum Gasteiger partial charge on any atom is -0.271 e. The first-order chi connectivity index (χ1) is 8.81. The van der Waals surface area contributed by atoms with Gasteiger partial charge in [0.1, 0.15) is 0 Å². The number of fused-ring (bicyclic) bond motifs is 1. The van der Waals surface area contributed by atoms with E-state index in [1.807, 2.05) is 24.4 Å². The maximum absolute atomic E-state index is 5.76. The number of rotatable bonds is 5. The van der Waals surface area contributed by atoms with Crippen LogP contribution in [0.2, 0.25) is 0 Å². The summed E-state index contributed by atoms with van der Waals surface area (Å²) in [5, 5.41) is 2.41. The van der Waals surface area contributed by atoms with Crippen LogP contribution in [-0.4, -0.2) is 4.98 Å². The van der Waals surface area contributed by atoms with E-state index in [0.717, 1.165) is 18.5 Å². The predicted octanol–water partition coefficient (Wildman–Crippen LogP) is 3.18. The highest BCUT2D eigenvalue weighted by Crippen LogP contribution is 2.29. The van der Waals surface area contributed by atoms with Crippen molar-refractivity contribution in [3.8, 4) is 0 Å². The van der Waals surface area contributed by atoms with Gasteiger partial charge in [0.05, 0.1) is 11.7 Å². The second-order valence-electron chi connectivity index (χ2n) is 4.64. The number of hydrazine groups is 1. The van der Waals surface area contributed by atoms with Gasteiger partial charge in [0.2, 0.25) is 0 Å². The highest BCUT2D eigenvalue weighted by molar-refractivity contribution is 5.84. The number of nitrogens with zero attached hydrogens (tertiary/aromatic N) is 1. The van der Waals surface area contributed by atoms with E-state index in [2.05, 4.69) is 36.4 Å². The highest BCUT2D eigenvalue weighted by atomic mass is 15.2. The summed E-state index contributed by atoms with van der Waals surface area (Å²) >= 11 is 0. The molecule has 3 N–H and O–H groups in total. The first-order valence-corrected chi connectivity index (χ1v) is 6.61. The molecule has 1 aromatic heterocycles. The van der Waals surface area contributed by atoms with Crippen molar-refractivity contribution in [1.82, 2.24) is 10.4 Å². The lowest BCUT2D eigenvalue weighted by molar-refractivity contribution is 0.341. The first kappa shape index (κ1) is 13.0. The zero-order chi connectivity index (χ0) is 13.0. The lowest BCUT2D eigenvalue weighted by atomic mass is 9.90. The molecule has 0 saturated carbocycles. The summed E-state index contributed by atoms with van der Waals surface area (Å²) < 4.78 is 0. The third kappa shape index (κ3) is 2.37. The lowest BCUT2D eigenvalue weighted by Crippen LogP contribution is -2.34. The van der Waals surface area contributed by atoms with Crippen molar-refractivity contribution in [3.05, 3.63) is 42.2 Å². The summed E-state index contributed by atoms with van der Waals surface area (Å²) in [5.41, 5.74) is 4.01. The van der Waals surface area contributed by atoms with E-state index < -0.39 is 0 Å². The van der Waals surface area contributed by atoms with Crippen LogP contribution < -0.4 is 11.3 Å². The van der Waals surface area contributed by atoms with E-state index in [-0.39, 0.29) is 6.04 Å². The van der Waals surface area contributed by atoms with Crippen LogP contribution in [0.15, 0.2) is 36.5 Å². The van der Waals surface area contributed by atoms with E-state index >= 15 is 0 Å². The van der Waals surface area contributed by atoms with Gasteiger partial charge in [0.25, 0.3) is 0 Å². The zero-order valence-corrected chi connectivity index (χ0v) is 11.1. The normalized spacial score (nSPS) is 13.1. The summed E-state index contributed by atoms with van der Waals surface area (Å²) in [6.45, 7) is 4.40. The van der Waals surface area contributed by atoms with Crippen molar-refractivity contribution < 1.29 is 0 Å². The van der Waals surface area contributed by atoms with E-state index in [4.69, 9.17) is 5.84 Å². The van der Waals surface area contributed by atoms with Crippen LogP contribution in [-0.2, 0) is 0 Å². The minimum absolute atomic E-state index is 0.117. The maximum Gasteiger partial charge on any atom is 0.0667 e. The van der Waals surface area contributed by atoms with Crippen molar-refractivity contribution in [1.29, 1.82) is 0 Å². The molecule has 0 radical (unpaired) electrons. The molecule has 0 bridgehead atoms. The van der Waals surface area contributed by atoms with Gasteiger partial charge in [0.15, 0.2) is 0 Å². The zero-order valence-electron chi connectivity index (χ0n) is 11.1. The van der Waals surface area contributed by atoms with Crippen LogP contribution in [0.3, 0.4) is 0 Å². The summed E-state index contributed by atoms with van der Waals surface area (Å²) in [6, 6.07) is 10.5. The third-order valence-electron chi connectivity index (χ3n) is 3.70. The molecule has 0 fully saturated rings. The molecule has 2 aromatic rings. The van der Waals surface area contributed by atoms with Gasteiger partial charge in [-0.15, -0.1) is 0 Å². The number of nitrogens with two attached hydrogens (primary N) is 1. The van der Waals surface area contributed by atoms with E-state index in [1.54, 1.807) is 0 Å². The lowest BCUT2D eigenvalue weighted by Gasteiger charge is -2.25.